The lowest BCUT2D eigenvalue weighted by Gasteiger charge is -2.34. The lowest BCUT2D eigenvalue weighted by molar-refractivity contribution is 0.0172. The van der Waals surface area contributed by atoms with Crippen LogP contribution in [0.2, 0.25) is 0 Å². The molecular weight excluding hydrogens is 431 g/mol. The van der Waals surface area contributed by atoms with E-state index in [-0.39, 0.29) is 17.8 Å². The Morgan fingerprint density at radius 3 is 2.82 bits per heavy atom. The van der Waals surface area contributed by atoms with Gasteiger partial charge in [-0.1, -0.05) is 12.1 Å². The second-order valence-corrected chi connectivity index (χ2v) is 10.1. The van der Waals surface area contributed by atoms with Gasteiger partial charge in [0, 0.05) is 47.9 Å². The number of hydrogen-bond donors (Lipinski definition) is 2. The molecule has 34 heavy (non-hydrogen) atoms. The fraction of sp³-hybridized carbons (Fsp3) is 0.407. The number of aromatic nitrogens is 1. The molecule has 0 unspecified atom stereocenters. The molecule has 1 atom stereocenters. The number of fused-ring (bicyclic) bond motifs is 1. The average molecular weight is 465 g/mol. The minimum absolute atomic E-state index is 0.256. The van der Waals surface area contributed by atoms with Gasteiger partial charge in [-0.25, -0.2) is 14.2 Å². The number of amides is 1. The fourth-order valence-corrected chi connectivity index (χ4v) is 4.54. The van der Waals surface area contributed by atoms with Gasteiger partial charge in [0.15, 0.2) is 0 Å². The zero-order valence-electron chi connectivity index (χ0n) is 20.3. The molecule has 6 nitrogen and oxygen atoms in total. The Balaban J connectivity index is 1.59. The number of aryl methyl sites for hydroxylation is 1. The number of halogens is 1. The smallest absolute Gasteiger partial charge is 0.410 e. The second kappa shape index (κ2) is 9.49. The number of carbonyl (C=O) groups excluding carboxylic acids is 1. The van der Waals surface area contributed by atoms with Gasteiger partial charge in [0.1, 0.15) is 17.2 Å². The first-order valence-electron chi connectivity index (χ1n) is 11.8. The first kappa shape index (κ1) is 23.8. The van der Waals surface area contributed by atoms with Crippen molar-refractivity contribution in [1.29, 1.82) is 0 Å². The number of pyridine rings is 1. The van der Waals surface area contributed by atoms with E-state index in [2.05, 4.69) is 10.3 Å². The maximum atomic E-state index is 14.7. The predicted molar refractivity (Wildman–Crippen MR) is 135 cm³/mol. The normalized spacial score (nSPS) is 16.5. The third-order valence-corrected chi connectivity index (χ3v) is 6.12. The van der Waals surface area contributed by atoms with Crippen LogP contribution in [0.25, 0.3) is 21.9 Å². The Kier molecular flexibility index (Phi) is 6.64. The molecule has 1 fully saturated rings. The van der Waals surface area contributed by atoms with Crippen LogP contribution >= 0.6 is 0 Å². The third-order valence-electron chi connectivity index (χ3n) is 6.12. The largest absolute Gasteiger partial charge is 0.444 e. The van der Waals surface area contributed by atoms with Crippen LogP contribution in [-0.4, -0.2) is 41.2 Å². The summed E-state index contributed by atoms with van der Waals surface area (Å²) in [5.41, 5.74) is 8.57. The Morgan fingerprint density at radius 2 is 2.09 bits per heavy atom. The summed E-state index contributed by atoms with van der Waals surface area (Å²) in [7, 11) is 0. The monoisotopic (exact) mass is 464 g/mol. The lowest BCUT2D eigenvalue weighted by atomic mass is 9.95. The van der Waals surface area contributed by atoms with Crippen molar-refractivity contribution < 1.29 is 13.9 Å². The molecule has 4 rings (SSSR count). The van der Waals surface area contributed by atoms with Gasteiger partial charge in [0.2, 0.25) is 0 Å². The summed E-state index contributed by atoms with van der Waals surface area (Å²) >= 11 is 0. The van der Waals surface area contributed by atoms with E-state index in [0.29, 0.717) is 31.0 Å². The Labute approximate surface area is 200 Å². The molecule has 2 aromatic carbocycles. The summed E-state index contributed by atoms with van der Waals surface area (Å²) in [4.78, 5) is 18.6. The van der Waals surface area contributed by atoms with Gasteiger partial charge in [0.05, 0.1) is 0 Å². The molecule has 0 spiro atoms. The number of ether oxygens (including phenoxy) is 1. The number of piperidine rings is 1. The van der Waals surface area contributed by atoms with Crippen LogP contribution in [-0.2, 0) is 4.74 Å². The van der Waals surface area contributed by atoms with Crippen LogP contribution in [0.4, 0.5) is 20.7 Å². The molecule has 7 heteroatoms. The van der Waals surface area contributed by atoms with E-state index in [4.69, 9.17) is 10.5 Å². The fourth-order valence-electron chi connectivity index (χ4n) is 4.54. The summed E-state index contributed by atoms with van der Waals surface area (Å²) in [6, 6.07) is 10.9. The standard InChI is InChI=1S/C27H33FN4O2/c1-17-7-5-9-22(28)25(17)19-11-20-15-31-24(29)13-21(20)23(12-19)30-14-18-8-6-10-32(16-18)26(33)34-27(2,3)4/h5,7,9,11-13,15,18,30H,6,8,10,14,16H2,1-4H3,(H2,29,31)/t18-/m0/s1. The van der Waals surface area contributed by atoms with Crippen molar-refractivity contribution >= 4 is 28.4 Å². The number of nitrogens with two attached hydrogens (primary N) is 1. The highest BCUT2D eigenvalue weighted by Gasteiger charge is 2.27. The second-order valence-electron chi connectivity index (χ2n) is 10.1. The Morgan fingerprint density at radius 1 is 1.29 bits per heavy atom. The van der Waals surface area contributed by atoms with Gasteiger partial charge in [-0.05, 0) is 81.8 Å². The first-order valence-corrected chi connectivity index (χ1v) is 11.8. The lowest BCUT2D eigenvalue weighted by Crippen LogP contribution is -2.44. The molecule has 180 valence electrons. The van der Waals surface area contributed by atoms with E-state index in [0.717, 1.165) is 40.4 Å². The quantitative estimate of drug-likeness (QED) is 0.496. The summed E-state index contributed by atoms with van der Waals surface area (Å²) in [5, 5.41) is 5.38. The molecule has 1 aromatic heterocycles. The van der Waals surface area contributed by atoms with Gasteiger partial charge < -0.3 is 20.7 Å². The summed E-state index contributed by atoms with van der Waals surface area (Å²) in [6.07, 6.45) is 3.40. The number of nitrogens with one attached hydrogen (secondary N) is 1. The van der Waals surface area contributed by atoms with Crippen molar-refractivity contribution in [3.63, 3.8) is 0 Å². The van der Waals surface area contributed by atoms with Crippen molar-refractivity contribution in [2.75, 3.05) is 30.7 Å². The van der Waals surface area contributed by atoms with E-state index in [1.165, 1.54) is 6.07 Å². The van der Waals surface area contributed by atoms with Crippen molar-refractivity contribution in [3.8, 4) is 11.1 Å². The molecule has 3 N–H and O–H groups in total. The Bertz CT molecular complexity index is 1180. The maximum absolute atomic E-state index is 14.7. The topological polar surface area (TPSA) is 80.5 Å². The number of hydrogen-bond acceptors (Lipinski definition) is 5. The molecule has 1 aliphatic heterocycles. The molecule has 1 saturated heterocycles. The van der Waals surface area contributed by atoms with Gasteiger partial charge in [-0.3, -0.25) is 0 Å². The summed E-state index contributed by atoms with van der Waals surface area (Å²) in [5.74, 6) is 0.447. The van der Waals surface area contributed by atoms with E-state index in [1.54, 1.807) is 17.2 Å². The molecule has 0 aliphatic carbocycles. The van der Waals surface area contributed by atoms with Crippen LogP contribution in [0.5, 0.6) is 0 Å². The SMILES string of the molecule is Cc1cccc(F)c1-c1cc(NC[C@@H]2CCCN(C(=O)OC(C)(C)C)C2)c2cc(N)ncc2c1. The summed E-state index contributed by atoms with van der Waals surface area (Å²) < 4.78 is 20.3. The van der Waals surface area contributed by atoms with Crippen molar-refractivity contribution in [2.45, 2.75) is 46.1 Å². The number of anilines is 2. The van der Waals surface area contributed by atoms with Crippen molar-refractivity contribution in [2.24, 2.45) is 5.92 Å². The van der Waals surface area contributed by atoms with Crippen LogP contribution in [0.3, 0.4) is 0 Å². The highest BCUT2D eigenvalue weighted by molar-refractivity contribution is 5.98. The molecular formula is C27H33FN4O2. The zero-order chi connectivity index (χ0) is 24.5. The average Bonchev–Trinajstić information content (AvgIpc) is 2.76. The van der Waals surface area contributed by atoms with Crippen LogP contribution in [0.1, 0.15) is 39.2 Å². The van der Waals surface area contributed by atoms with E-state index < -0.39 is 5.60 Å². The number of rotatable bonds is 4. The number of carbonyl (C=O) groups is 1. The molecule has 0 saturated carbocycles. The van der Waals surface area contributed by atoms with E-state index >= 15 is 0 Å². The van der Waals surface area contributed by atoms with Crippen LogP contribution < -0.4 is 11.1 Å². The van der Waals surface area contributed by atoms with Gasteiger partial charge in [-0.2, -0.15) is 0 Å². The molecule has 1 amide bonds. The van der Waals surface area contributed by atoms with Gasteiger partial charge in [0.25, 0.3) is 0 Å². The Hall–Kier alpha value is -3.35. The number of nitrogen functional groups attached to an aromatic ring is 1. The molecule has 1 aliphatic rings. The zero-order valence-corrected chi connectivity index (χ0v) is 20.3. The van der Waals surface area contributed by atoms with Crippen molar-refractivity contribution in [1.82, 2.24) is 9.88 Å². The minimum atomic E-state index is -0.513. The summed E-state index contributed by atoms with van der Waals surface area (Å²) in [6.45, 7) is 9.56. The van der Waals surface area contributed by atoms with Crippen LogP contribution in [0, 0.1) is 18.7 Å². The molecule has 0 radical (unpaired) electrons. The first-order chi connectivity index (χ1) is 16.1. The minimum Gasteiger partial charge on any atom is -0.444 e. The number of nitrogens with zero attached hydrogens (tertiary/aromatic N) is 2. The highest BCUT2D eigenvalue weighted by atomic mass is 19.1. The third kappa shape index (κ3) is 5.41. The molecule has 3 aromatic rings. The van der Waals surface area contributed by atoms with Gasteiger partial charge in [-0.15, -0.1) is 0 Å². The molecule has 2 heterocycles. The predicted octanol–water partition coefficient (Wildman–Crippen LogP) is 5.99. The molecule has 0 bridgehead atoms. The maximum Gasteiger partial charge on any atom is 0.410 e. The van der Waals surface area contributed by atoms with Crippen LogP contribution in [0.15, 0.2) is 42.6 Å². The highest BCUT2D eigenvalue weighted by Crippen LogP contribution is 2.35. The van der Waals surface area contributed by atoms with E-state index in [9.17, 15) is 9.18 Å². The van der Waals surface area contributed by atoms with Crippen molar-refractivity contribution in [3.05, 3.63) is 54.0 Å². The number of likely N-dealkylation sites (tertiary alicyclic amines) is 1. The number of benzene rings is 2. The van der Waals surface area contributed by atoms with Gasteiger partial charge >= 0.3 is 6.09 Å². The van der Waals surface area contributed by atoms with E-state index in [1.807, 2.05) is 52.0 Å².